The fraction of sp³-hybridized carbons (Fsp3) is 0. The summed E-state index contributed by atoms with van der Waals surface area (Å²) >= 11 is 2.64. The van der Waals surface area contributed by atoms with E-state index < -0.39 is 33.5 Å². The first-order valence-corrected chi connectivity index (χ1v) is 9.81. The van der Waals surface area contributed by atoms with Gasteiger partial charge in [-0.2, -0.15) is 0 Å². The van der Waals surface area contributed by atoms with Crippen molar-refractivity contribution in [3.63, 3.8) is 0 Å². The zero-order valence-corrected chi connectivity index (χ0v) is 15.9. The number of hydrogen-bond acceptors (Lipinski definition) is 4. The van der Waals surface area contributed by atoms with Gasteiger partial charge in [0.05, 0.1) is 0 Å². The summed E-state index contributed by atoms with van der Waals surface area (Å²) in [5, 5.41) is 20.9. The van der Waals surface area contributed by atoms with Gasteiger partial charge >= 0.3 is 157 Å². The van der Waals surface area contributed by atoms with Gasteiger partial charge in [0.15, 0.2) is 0 Å². The molecule has 0 bridgehead atoms. The van der Waals surface area contributed by atoms with Gasteiger partial charge in [0.2, 0.25) is 0 Å². The molecule has 0 fully saturated rings. The Morgan fingerprint density at radius 1 is 1.08 bits per heavy atom. The van der Waals surface area contributed by atoms with Crippen LogP contribution in [0.5, 0.6) is 5.75 Å². The number of aromatic carboxylic acids is 1. The molecule has 0 unspecified atom stereocenters. The van der Waals surface area contributed by atoms with Crippen molar-refractivity contribution < 1.29 is 24.6 Å². The van der Waals surface area contributed by atoms with Crippen molar-refractivity contribution in [2.24, 2.45) is 0 Å². The summed E-state index contributed by atoms with van der Waals surface area (Å²) in [6.45, 7) is 0. The molecule has 1 heterocycles. The minimum atomic E-state index is -1.22. The third-order valence-corrected chi connectivity index (χ3v) is 6.06. The summed E-state index contributed by atoms with van der Waals surface area (Å²) in [4.78, 5) is 36.9. The average Bonchev–Trinajstić information content (AvgIpc) is 2.55. The molecule has 125 valence electrons. The second kappa shape index (κ2) is 6.86. The molecule has 0 aliphatic carbocycles. The van der Waals surface area contributed by atoms with Crippen molar-refractivity contribution in [3.8, 4) is 5.75 Å². The third-order valence-electron chi connectivity index (χ3n) is 3.54. The summed E-state index contributed by atoms with van der Waals surface area (Å²) in [5.74, 6) is -2.45. The fourth-order valence-corrected chi connectivity index (χ4v) is 4.59. The first-order chi connectivity index (χ1) is 11.9. The van der Waals surface area contributed by atoms with Gasteiger partial charge in [0.25, 0.3) is 0 Å². The van der Waals surface area contributed by atoms with E-state index in [1.165, 1.54) is 12.1 Å². The Bertz CT molecular complexity index is 954. The zero-order valence-electron chi connectivity index (χ0n) is 12.5. The number of hydrogen-bond donors (Lipinski definition) is 3. The number of phenols is 1. The van der Waals surface area contributed by atoms with Crippen LogP contribution in [0.15, 0.2) is 45.7 Å². The molecule has 1 aliphatic heterocycles. The van der Waals surface area contributed by atoms with E-state index in [1.807, 2.05) is 0 Å². The van der Waals surface area contributed by atoms with E-state index in [2.05, 4.69) is 21.2 Å². The summed E-state index contributed by atoms with van der Waals surface area (Å²) in [7, 11) is 0. The van der Waals surface area contributed by atoms with Gasteiger partial charge in [-0.15, -0.1) is 0 Å². The molecule has 3 N–H and O–H groups in total. The number of carbonyl (C=O) groups excluding carboxylic acids is 2. The number of carboxylic acid groups (broad SMARTS) is 1. The van der Waals surface area contributed by atoms with Gasteiger partial charge < -0.3 is 0 Å². The number of amides is 2. The predicted molar refractivity (Wildman–Crippen MR) is 95.0 cm³/mol. The minimum absolute atomic E-state index is 0.183. The number of benzene rings is 2. The topological polar surface area (TPSA) is 104 Å². The SMILES string of the molecule is O=C1NC(=O)c2ccc(Br)cc2C1=C[As]c1ccc(O)c(C(=O)O)c1. The Balaban J connectivity index is 1.99. The molecular formula is C17H10AsBrNO5. The molecule has 25 heavy (non-hydrogen) atoms. The molecule has 0 saturated carbocycles. The predicted octanol–water partition coefficient (Wildman–Crippen LogP) is 1.49. The summed E-state index contributed by atoms with van der Waals surface area (Å²) in [6.07, 6.45) is 0. The van der Waals surface area contributed by atoms with E-state index in [1.54, 1.807) is 29.1 Å². The van der Waals surface area contributed by atoms with Crippen molar-refractivity contribution in [3.05, 3.63) is 62.4 Å². The van der Waals surface area contributed by atoms with E-state index in [0.29, 0.717) is 21.1 Å². The molecule has 1 aliphatic rings. The van der Waals surface area contributed by atoms with Crippen LogP contribution < -0.4 is 9.67 Å². The first-order valence-electron chi connectivity index (χ1n) is 7.00. The maximum atomic E-state index is 12.2. The Morgan fingerprint density at radius 2 is 1.84 bits per heavy atom. The monoisotopic (exact) mass is 462 g/mol. The molecule has 0 atom stereocenters. The maximum absolute atomic E-state index is 12.2. The number of aromatic hydroxyl groups is 1. The van der Waals surface area contributed by atoms with Crippen molar-refractivity contribution in [1.29, 1.82) is 0 Å². The van der Waals surface area contributed by atoms with Gasteiger partial charge in [-0.1, -0.05) is 0 Å². The van der Waals surface area contributed by atoms with Crippen molar-refractivity contribution >= 4 is 59.4 Å². The molecule has 2 aromatic carbocycles. The molecular weight excluding hydrogens is 453 g/mol. The van der Waals surface area contributed by atoms with E-state index in [-0.39, 0.29) is 11.3 Å². The average molecular weight is 463 g/mol. The Labute approximate surface area is 157 Å². The van der Waals surface area contributed by atoms with E-state index in [0.717, 1.165) is 4.47 Å². The van der Waals surface area contributed by atoms with E-state index in [4.69, 9.17) is 5.11 Å². The van der Waals surface area contributed by atoms with Crippen LogP contribution in [0, 0.1) is 0 Å². The molecule has 1 radical (unpaired) electrons. The van der Waals surface area contributed by atoms with Crippen LogP contribution in [0.2, 0.25) is 0 Å². The quantitative estimate of drug-likeness (QED) is 0.364. The van der Waals surface area contributed by atoms with Crippen LogP contribution in [-0.4, -0.2) is 43.7 Å². The molecule has 0 spiro atoms. The molecule has 0 aromatic heterocycles. The second-order valence-corrected chi connectivity index (χ2v) is 8.23. The van der Waals surface area contributed by atoms with E-state index in [9.17, 15) is 19.5 Å². The fourth-order valence-electron chi connectivity index (χ4n) is 2.34. The second-order valence-electron chi connectivity index (χ2n) is 5.15. The number of nitrogens with one attached hydrogen (secondary N) is 1. The van der Waals surface area contributed by atoms with Gasteiger partial charge in [-0.3, -0.25) is 0 Å². The number of imide groups is 1. The molecule has 2 aromatic rings. The number of fused-ring (bicyclic) bond motifs is 1. The van der Waals surface area contributed by atoms with Crippen LogP contribution >= 0.6 is 15.9 Å². The molecule has 0 saturated heterocycles. The summed E-state index contributed by atoms with van der Waals surface area (Å²) in [5.41, 5.74) is 1.14. The van der Waals surface area contributed by atoms with Crippen LogP contribution in [0.3, 0.4) is 0 Å². The van der Waals surface area contributed by atoms with Gasteiger partial charge in [-0.25, -0.2) is 0 Å². The number of rotatable bonds is 3. The molecule has 2 amide bonds. The van der Waals surface area contributed by atoms with Crippen LogP contribution in [-0.2, 0) is 4.79 Å². The molecule has 3 rings (SSSR count). The van der Waals surface area contributed by atoms with Crippen LogP contribution in [0.25, 0.3) is 5.57 Å². The Morgan fingerprint density at radius 3 is 2.56 bits per heavy atom. The van der Waals surface area contributed by atoms with Gasteiger partial charge in [-0.05, 0) is 0 Å². The number of carboxylic acids is 1. The van der Waals surface area contributed by atoms with Gasteiger partial charge in [0, 0.05) is 0 Å². The Kier molecular flexibility index (Phi) is 4.79. The van der Waals surface area contributed by atoms with E-state index >= 15 is 0 Å². The number of carbonyl (C=O) groups is 3. The molecule has 6 nitrogen and oxygen atoms in total. The van der Waals surface area contributed by atoms with Crippen molar-refractivity contribution in [1.82, 2.24) is 5.32 Å². The van der Waals surface area contributed by atoms with Crippen molar-refractivity contribution in [2.45, 2.75) is 0 Å². The first kappa shape index (κ1) is 17.5. The number of halogens is 1. The summed E-state index contributed by atoms with van der Waals surface area (Å²) in [6, 6.07) is 9.39. The normalized spacial score (nSPS) is 15.5. The zero-order chi connectivity index (χ0) is 18.1. The standard InChI is InChI=1S/C17H10AsBrNO5/c19-9-2-3-10-11(6-9)13(16(23)20-15(10)22)7-18-8-1-4-14(21)12(5-8)17(24)25/h1-7,21H,(H,24,25)(H,20,22,23). The third kappa shape index (κ3) is 3.52. The van der Waals surface area contributed by atoms with Gasteiger partial charge in [0.1, 0.15) is 0 Å². The Hall–Kier alpha value is -2.37. The van der Waals surface area contributed by atoms with Crippen LogP contribution in [0.1, 0.15) is 26.3 Å². The van der Waals surface area contributed by atoms with Crippen LogP contribution in [0.4, 0.5) is 0 Å². The van der Waals surface area contributed by atoms with Crippen molar-refractivity contribution in [2.75, 3.05) is 0 Å². The molecule has 8 heteroatoms. The summed E-state index contributed by atoms with van der Waals surface area (Å²) < 4.78 is 1.45.